The number of hydrogen-bond acceptors (Lipinski definition) is 6. The standard InChI is InChI=1S/C38H40O6S2/c1-4-26-12-14-27(15-13-26)32-22-35-34(24-37(32)45(40,41)31-20-10-25(2)11-21-31)36(39)23-33(28-16-18-29(44-3)19-17-28)38(35)46(42,43)30-8-6-5-7-9-30/h5-21,32-35,37-38H,4,22-24H2,1-3H3/t32-,33-,34+,35-,37?,38?/m0/s1. The molecule has 2 aliphatic carbocycles. The molecular formula is C38H40O6S2. The van der Waals surface area contributed by atoms with Crippen LogP contribution in [0.4, 0.5) is 0 Å². The second-order valence-electron chi connectivity index (χ2n) is 12.7. The van der Waals surface area contributed by atoms with Gasteiger partial charge >= 0.3 is 0 Å². The van der Waals surface area contributed by atoms with Gasteiger partial charge in [0, 0.05) is 24.2 Å². The first-order valence-electron chi connectivity index (χ1n) is 15.9. The van der Waals surface area contributed by atoms with Gasteiger partial charge in [0.2, 0.25) is 0 Å². The molecule has 0 saturated heterocycles. The van der Waals surface area contributed by atoms with Crippen LogP contribution in [0.25, 0.3) is 0 Å². The predicted molar refractivity (Wildman–Crippen MR) is 180 cm³/mol. The zero-order valence-corrected chi connectivity index (χ0v) is 28.0. The summed E-state index contributed by atoms with van der Waals surface area (Å²) in [4.78, 5) is 14.5. The number of aryl methyl sites for hydroxylation is 2. The van der Waals surface area contributed by atoms with E-state index in [9.17, 15) is 21.6 Å². The molecule has 8 heteroatoms. The maximum absolute atomic E-state index is 14.7. The van der Waals surface area contributed by atoms with Crippen molar-refractivity contribution in [2.45, 2.75) is 71.7 Å². The molecule has 0 bridgehead atoms. The van der Waals surface area contributed by atoms with Gasteiger partial charge in [0.1, 0.15) is 11.5 Å². The van der Waals surface area contributed by atoms with Crippen molar-refractivity contribution in [1.82, 2.24) is 0 Å². The number of carbonyl (C=O) groups is 1. The summed E-state index contributed by atoms with van der Waals surface area (Å²) in [5, 5.41) is -1.78. The molecule has 46 heavy (non-hydrogen) atoms. The second-order valence-corrected chi connectivity index (χ2v) is 17.0. The molecule has 2 fully saturated rings. The molecule has 6 atom stereocenters. The summed E-state index contributed by atoms with van der Waals surface area (Å²) in [5.41, 5.74) is 3.70. The van der Waals surface area contributed by atoms with Crippen LogP contribution in [0.2, 0.25) is 0 Å². The maximum atomic E-state index is 14.7. The molecule has 0 aliphatic heterocycles. The minimum absolute atomic E-state index is 0.0252. The number of sulfone groups is 2. The molecule has 0 N–H and O–H groups in total. The highest BCUT2D eigenvalue weighted by Crippen LogP contribution is 2.54. The lowest BCUT2D eigenvalue weighted by molar-refractivity contribution is -0.128. The zero-order valence-electron chi connectivity index (χ0n) is 26.4. The Morgan fingerprint density at radius 2 is 1.26 bits per heavy atom. The van der Waals surface area contributed by atoms with Crippen LogP contribution in [-0.2, 0) is 30.9 Å². The van der Waals surface area contributed by atoms with E-state index in [0.29, 0.717) is 5.75 Å². The maximum Gasteiger partial charge on any atom is 0.182 e. The van der Waals surface area contributed by atoms with E-state index in [-0.39, 0.29) is 34.8 Å². The highest BCUT2D eigenvalue weighted by Gasteiger charge is 2.56. The number of carbonyl (C=O) groups excluding carboxylic acids is 1. The van der Waals surface area contributed by atoms with E-state index in [1.54, 1.807) is 73.8 Å². The number of ketones is 1. The van der Waals surface area contributed by atoms with Gasteiger partial charge in [0.05, 0.1) is 27.4 Å². The Kier molecular flexibility index (Phi) is 8.96. The fourth-order valence-corrected chi connectivity index (χ4v) is 12.0. The van der Waals surface area contributed by atoms with E-state index in [1.165, 1.54) is 0 Å². The summed E-state index contributed by atoms with van der Waals surface area (Å²) in [6.45, 7) is 3.98. The normalized spacial score (nSPS) is 25.1. The molecule has 2 saturated carbocycles. The molecule has 2 aliphatic rings. The SMILES string of the molecule is CCc1ccc([C@@H]2C[C@@H]3C(S(=O)(=O)c4ccccc4)[C@H](c4ccc(OC)cc4)CC(=O)[C@@H]3CC2S(=O)(=O)c2ccc(C)cc2)cc1. The van der Waals surface area contributed by atoms with Gasteiger partial charge in [-0.3, -0.25) is 4.79 Å². The third-order valence-corrected chi connectivity index (χ3v) is 14.7. The molecule has 4 aromatic rings. The highest BCUT2D eigenvalue weighted by atomic mass is 32.2. The first kappa shape index (κ1) is 32.2. The minimum Gasteiger partial charge on any atom is -0.497 e. The van der Waals surface area contributed by atoms with Crippen molar-refractivity contribution in [3.8, 4) is 5.75 Å². The van der Waals surface area contributed by atoms with E-state index in [2.05, 4.69) is 6.92 Å². The Morgan fingerprint density at radius 3 is 1.87 bits per heavy atom. The monoisotopic (exact) mass is 656 g/mol. The summed E-state index contributed by atoms with van der Waals surface area (Å²) < 4.78 is 63.5. The molecule has 0 spiro atoms. The van der Waals surface area contributed by atoms with Crippen LogP contribution in [0.1, 0.15) is 60.3 Å². The highest BCUT2D eigenvalue weighted by molar-refractivity contribution is 7.92. The number of rotatable bonds is 8. The van der Waals surface area contributed by atoms with Crippen LogP contribution in [-0.4, -0.2) is 40.2 Å². The largest absolute Gasteiger partial charge is 0.497 e. The van der Waals surface area contributed by atoms with Gasteiger partial charge in [-0.1, -0.05) is 79.2 Å². The van der Waals surface area contributed by atoms with Gasteiger partial charge in [0.15, 0.2) is 19.7 Å². The lowest BCUT2D eigenvalue weighted by atomic mass is 9.61. The Labute approximate surface area is 272 Å². The lowest BCUT2D eigenvalue weighted by Gasteiger charge is -2.48. The van der Waals surface area contributed by atoms with Gasteiger partial charge in [0.25, 0.3) is 0 Å². The summed E-state index contributed by atoms with van der Waals surface area (Å²) in [6.07, 6.45) is 1.21. The van der Waals surface area contributed by atoms with E-state index < -0.39 is 53.8 Å². The summed E-state index contributed by atoms with van der Waals surface area (Å²) >= 11 is 0. The Bertz CT molecular complexity index is 1900. The van der Waals surface area contributed by atoms with E-state index in [1.807, 2.05) is 43.3 Å². The topological polar surface area (TPSA) is 94.6 Å². The van der Waals surface area contributed by atoms with Crippen molar-refractivity contribution < 1.29 is 26.4 Å². The van der Waals surface area contributed by atoms with Gasteiger partial charge < -0.3 is 4.74 Å². The lowest BCUT2D eigenvalue weighted by Crippen LogP contribution is -2.53. The predicted octanol–water partition coefficient (Wildman–Crippen LogP) is 7.12. The third-order valence-electron chi connectivity index (χ3n) is 10.2. The van der Waals surface area contributed by atoms with Crippen molar-refractivity contribution >= 4 is 25.5 Å². The number of methoxy groups -OCH3 is 1. The Balaban J connectivity index is 1.50. The minimum atomic E-state index is -3.93. The molecule has 0 heterocycles. The van der Waals surface area contributed by atoms with E-state index in [4.69, 9.17) is 4.74 Å². The summed E-state index contributed by atoms with van der Waals surface area (Å²) in [5.74, 6) is -1.78. The number of fused-ring (bicyclic) bond motifs is 1. The van der Waals surface area contributed by atoms with Crippen LogP contribution in [0, 0.1) is 18.8 Å². The fraction of sp³-hybridized carbons (Fsp3) is 0.342. The molecule has 0 aromatic heterocycles. The van der Waals surface area contributed by atoms with Crippen molar-refractivity contribution in [1.29, 1.82) is 0 Å². The molecule has 4 aromatic carbocycles. The fourth-order valence-electron chi connectivity index (χ4n) is 7.68. The van der Waals surface area contributed by atoms with E-state index >= 15 is 0 Å². The van der Waals surface area contributed by atoms with Crippen molar-refractivity contribution in [2.24, 2.45) is 11.8 Å². The first-order valence-corrected chi connectivity index (χ1v) is 19.0. The van der Waals surface area contributed by atoms with Crippen molar-refractivity contribution in [3.63, 3.8) is 0 Å². The number of hydrogen-bond donors (Lipinski definition) is 0. The van der Waals surface area contributed by atoms with Crippen molar-refractivity contribution in [2.75, 3.05) is 7.11 Å². The van der Waals surface area contributed by atoms with Gasteiger partial charge in [-0.25, -0.2) is 16.8 Å². The second kappa shape index (κ2) is 12.8. The number of Topliss-reactive ketones (excluding diaryl/α,β-unsaturated/α-hetero) is 1. The Morgan fingerprint density at radius 1 is 0.674 bits per heavy atom. The summed E-state index contributed by atoms with van der Waals surface area (Å²) in [7, 11) is -6.22. The van der Waals surface area contributed by atoms with Crippen molar-refractivity contribution in [3.05, 3.63) is 125 Å². The average molecular weight is 657 g/mol. The molecule has 2 unspecified atom stereocenters. The molecule has 6 nitrogen and oxygen atoms in total. The molecular weight excluding hydrogens is 617 g/mol. The van der Waals surface area contributed by atoms with Crippen LogP contribution in [0.15, 0.2) is 113 Å². The van der Waals surface area contributed by atoms with Gasteiger partial charge in [-0.05, 0) is 85.2 Å². The number of ether oxygens (including phenoxy) is 1. The number of benzene rings is 4. The molecule has 0 amide bonds. The zero-order chi connectivity index (χ0) is 32.6. The molecule has 6 rings (SSSR count). The van der Waals surface area contributed by atoms with Crippen LogP contribution < -0.4 is 4.74 Å². The Hall–Kier alpha value is -3.75. The van der Waals surface area contributed by atoms with Gasteiger partial charge in [-0.15, -0.1) is 0 Å². The van der Waals surface area contributed by atoms with Crippen LogP contribution >= 0.6 is 0 Å². The smallest absolute Gasteiger partial charge is 0.182 e. The third kappa shape index (κ3) is 5.93. The first-order chi connectivity index (χ1) is 22.0. The van der Waals surface area contributed by atoms with Gasteiger partial charge in [-0.2, -0.15) is 0 Å². The van der Waals surface area contributed by atoms with E-state index in [0.717, 1.165) is 28.7 Å². The summed E-state index contributed by atoms with van der Waals surface area (Å²) in [6, 6.07) is 30.6. The quantitative estimate of drug-likeness (QED) is 0.201. The van der Waals surface area contributed by atoms with Crippen LogP contribution in [0.5, 0.6) is 5.75 Å². The molecule has 0 radical (unpaired) electrons. The average Bonchev–Trinajstić information content (AvgIpc) is 3.08. The molecule has 240 valence electrons. The van der Waals surface area contributed by atoms with Crippen LogP contribution in [0.3, 0.4) is 0 Å².